The van der Waals surface area contributed by atoms with Crippen LogP contribution in [-0.4, -0.2) is 18.3 Å². The van der Waals surface area contributed by atoms with Gasteiger partial charge in [-0.3, -0.25) is 0 Å². The molecular formula is C18H18O3. The van der Waals surface area contributed by atoms with E-state index in [4.69, 9.17) is 9.47 Å². The van der Waals surface area contributed by atoms with Crippen LogP contribution < -0.4 is 9.47 Å². The van der Waals surface area contributed by atoms with Gasteiger partial charge in [0, 0.05) is 12.0 Å². The van der Waals surface area contributed by atoms with Crippen LogP contribution in [0.3, 0.4) is 0 Å². The van der Waals surface area contributed by atoms with Gasteiger partial charge >= 0.3 is 0 Å². The maximum Gasteiger partial charge on any atom is 0.128 e. The van der Waals surface area contributed by atoms with E-state index in [0.717, 1.165) is 55.1 Å². The van der Waals surface area contributed by atoms with Gasteiger partial charge in [0.2, 0.25) is 0 Å². The number of hydrogen-bond donors (Lipinski definition) is 1. The van der Waals surface area contributed by atoms with Gasteiger partial charge in [-0.2, -0.15) is 0 Å². The minimum Gasteiger partial charge on any atom is -0.493 e. The molecule has 0 radical (unpaired) electrons. The Bertz CT molecular complexity index is 678. The van der Waals surface area contributed by atoms with Crippen molar-refractivity contribution in [1.82, 2.24) is 0 Å². The fraction of sp³-hybridized carbons (Fsp3) is 0.333. The summed E-state index contributed by atoms with van der Waals surface area (Å²) >= 11 is 0. The molecule has 0 saturated carbocycles. The molecule has 1 N–H and O–H groups in total. The molecule has 21 heavy (non-hydrogen) atoms. The fourth-order valence-electron chi connectivity index (χ4n) is 3.19. The lowest BCUT2D eigenvalue weighted by Gasteiger charge is -2.23. The number of fused-ring (bicyclic) bond motifs is 2. The average Bonchev–Trinajstić information content (AvgIpc) is 3.01. The average molecular weight is 282 g/mol. The van der Waals surface area contributed by atoms with Gasteiger partial charge in [0.1, 0.15) is 17.6 Å². The Morgan fingerprint density at radius 1 is 0.952 bits per heavy atom. The van der Waals surface area contributed by atoms with Crippen molar-refractivity contribution in [2.45, 2.75) is 25.4 Å². The van der Waals surface area contributed by atoms with E-state index in [-0.39, 0.29) is 0 Å². The predicted molar refractivity (Wildman–Crippen MR) is 80.0 cm³/mol. The molecule has 3 heteroatoms. The summed E-state index contributed by atoms with van der Waals surface area (Å²) in [5, 5.41) is 10.8. The zero-order chi connectivity index (χ0) is 14.2. The number of aryl methyl sites for hydroxylation is 1. The van der Waals surface area contributed by atoms with E-state index in [0.29, 0.717) is 0 Å². The van der Waals surface area contributed by atoms with E-state index in [1.54, 1.807) is 0 Å². The first-order valence-electron chi connectivity index (χ1n) is 7.51. The van der Waals surface area contributed by atoms with Crippen LogP contribution in [-0.2, 0) is 12.8 Å². The molecule has 2 aromatic rings. The SMILES string of the molecule is OC(c1ccc2c(c1)CCO2)c1cccc2c1OCCC2. The van der Waals surface area contributed by atoms with Crippen molar-refractivity contribution in [2.75, 3.05) is 13.2 Å². The van der Waals surface area contributed by atoms with Crippen LogP contribution >= 0.6 is 0 Å². The predicted octanol–water partition coefficient (Wildman–Crippen LogP) is 3.03. The summed E-state index contributed by atoms with van der Waals surface area (Å²) in [5.74, 6) is 1.81. The third-order valence-electron chi connectivity index (χ3n) is 4.29. The highest BCUT2D eigenvalue weighted by atomic mass is 16.5. The Morgan fingerprint density at radius 3 is 2.86 bits per heavy atom. The van der Waals surface area contributed by atoms with E-state index >= 15 is 0 Å². The zero-order valence-electron chi connectivity index (χ0n) is 11.8. The van der Waals surface area contributed by atoms with Crippen LogP contribution in [0.15, 0.2) is 36.4 Å². The maximum atomic E-state index is 10.8. The van der Waals surface area contributed by atoms with Gasteiger partial charge in [-0.25, -0.2) is 0 Å². The third-order valence-corrected chi connectivity index (χ3v) is 4.29. The van der Waals surface area contributed by atoms with Gasteiger partial charge in [-0.05, 0) is 41.7 Å². The standard InChI is InChI=1S/C18H18O3/c19-17(14-6-7-16-13(11-14)8-10-20-16)15-5-1-3-12-4-2-9-21-18(12)15/h1,3,5-7,11,17,19H,2,4,8-10H2. The summed E-state index contributed by atoms with van der Waals surface area (Å²) in [6.45, 7) is 1.47. The normalized spacial score (nSPS) is 17.4. The topological polar surface area (TPSA) is 38.7 Å². The Balaban J connectivity index is 1.73. The quantitative estimate of drug-likeness (QED) is 0.920. The molecule has 0 fully saturated rings. The van der Waals surface area contributed by atoms with Crippen molar-refractivity contribution in [3.05, 3.63) is 58.7 Å². The first kappa shape index (κ1) is 12.7. The number of rotatable bonds is 2. The minimum absolute atomic E-state index is 0.649. The van der Waals surface area contributed by atoms with Crippen LogP contribution in [0, 0.1) is 0 Å². The lowest BCUT2D eigenvalue weighted by molar-refractivity contribution is 0.206. The first-order chi connectivity index (χ1) is 10.3. The van der Waals surface area contributed by atoms with Crippen molar-refractivity contribution in [3.8, 4) is 11.5 Å². The molecule has 0 saturated heterocycles. The zero-order valence-corrected chi connectivity index (χ0v) is 11.8. The summed E-state index contributed by atoms with van der Waals surface area (Å²) in [7, 11) is 0. The van der Waals surface area contributed by atoms with Crippen molar-refractivity contribution >= 4 is 0 Å². The molecule has 2 aliphatic heterocycles. The van der Waals surface area contributed by atoms with Crippen LogP contribution in [0.4, 0.5) is 0 Å². The molecule has 4 rings (SSSR count). The Kier molecular flexibility index (Phi) is 3.08. The van der Waals surface area contributed by atoms with E-state index in [9.17, 15) is 5.11 Å². The van der Waals surface area contributed by atoms with Crippen molar-refractivity contribution in [1.29, 1.82) is 0 Å². The summed E-state index contributed by atoms with van der Waals surface area (Å²) in [6, 6.07) is 12.0. The summed E-state index contributed by atoms with van der Waals surface area (Å²) < 4.78 is 11.3. The molecule has 2 aromatic carbocycles. The molecule has 2 heterocycles. The van der Waals surface area contributed by atoms with E-state index < -0.39 is 6.10 Å². The van der Waals surface area contributed by atoms with E-state index in [1.165, 1.54) is 11.1 Å². The molecule has 3 nitrogen and oxygen atoms in total. The van der Waals surface area contributed by atoms with E-state index in [2.05, 4.69) is 12.1 Å². The lowest BCUT2D eigenvalue weighted by atomic mass is 9.94. The lowest BCUT2D eigenvalue weighted by Crippen LogP contribution is -2.12. The molecule has 0 spiro atoms. The molecule has 1 unspecified atom stereocenters. The maximum absolute atomic E-state index is 10.8. The van der Waals surface area contributed by atoms with Crippen molar-refractivity contribution in [2.24, 2.45) is 0 Å². The number of aliphatic hydroxyl groups excluding tert-OH is 1. The monoisotopic (exact) mass is 282 g/mol. The molecule has 0 bridgehead atoms. The number of benzene rings is 2. The fourth-order valence-corrected chi connectivity index (χ4v) is 3.19. The highest BCUT2D eigenvalue weighted by Gasteiger charge is 2.22. The highest BCUT2D eigenvalue weighted by Crippen LogP contribution is 2.37. The van der Waals surface area contributed by atoms with Gasteiger partial charge in [0.15, 0.2) is 0 Å². The van der Waals surface area contributed by atoms with Gasteiger partial charge < -0.3 is 14.6 Å². The van der Waals surface area contributed by atoms with Crippen LogP contribution in [0.2, 0.25) is 0 Å². The molecule has 108 valence electrons. The van der Waals surface area contributed by atoms with Gasteiger partial charge in [-0.1, -0.05) is 24.3 Å². The Hall–Kier alpha value is -2.00. The molecule has 1 atom stereocenters. The Labute approximate surface area is 124 Å². The largest absolute Gasteiger partial charge is 0.493 e. The van der Waals surface area contributed by atoms with Crippen LogP contribution in [0.1, 0.15) is 34.8 Å². The second kappa shape index (κ2) is 5.08. The second-order valence-electron chi connectivity index (χ2n) is 5.66. The van der Waals surface area contributed by atoms with E-state index in [1.807, 2.05) is 24.3 Å². The molecular weight excluding hydrogens is 264 g/mol. The number of hydrogen-bond acceptors (Lipinski definition) is 3. The number of ether oxygens (including phenoxy) is 2. The first-order valence-corrected chi connectivity index (χ1v) is 7.51. The van der Waals surface area contributed by atoms with Crippen LogP contribution in [0.25, 0.3) is 0 Å². The van der Waals surface area contributed by atoms with Gasteiger partial charge in [0.25, 0.3) is 0 Å². The molecule has 0 aliphatic carbocycles. The third kappa shape index (κ3) is 2.18. The van der Waals surface area contributed by atoms with Gasteiger partial charge in [-0.15, -0.1) is 0 Å². The second-order valence-corrected chi connectivity index (χ2v) is 5.66. The summed E-state index contributed by atoms with van der Waals surface area (Å²) in [4.78, 5) is 0. The Morgan fingerprint density at radius 2 is 1.90 bits per heavy atom. The molecule has 2 aliphatic rings. The summed E-state index contributed by atoms with van der Waals surface area (Å²) in [5.41, 5.74) is 4.15. The number of aliphatic hydroxyl groups is 1. The van der Waals surface area contributed by atoms with Crippen molar-refractivity contribution in [3.63, 3.8) is 0 Å². The number of para-hydroxylation sites is 1. The molecule has 0 amide bonds. The highest BCUT2D eigenvalue weighted by molar-refractivity contribution is 5.49. The molecule has 0 aromatic heterocycles. The van der Waals surface area contributed by atoms with Crippen LogP contribution in [0.5, 0.6) is 11.5 Å². The minimum atomic E-state index is -0.649. The smallest absolute Gasteiger partial charge is 0.128 e. The summed E-state index contributed by atoms with van der Waals surface area (Å²) in [6.07, 6.45) is 2.33. The van der Waals surface area contributed by atoms with Crippen molar-refractivity contribution < 1.29 is 14.6 Å². The van der Waals surface area contributed by atoms with Gasteiger partial charge in [0.05, 0.1) is 13.2 Å².